The van der Waals surface area contributed by atoms with Crippen molar-refractivity contribution in [2.75, 3.05) is 18.4 Å². The molecular formula is C10H10Cl2N4O. The van der Waals surface area contributed by atoms with Crippen LogP contribution in [0.3, 0.4) is 0 Å². The van der Waals surface area contributed by atoms with Crippen LogP contribution in [0.15, 0.2) is 23.2 Å². The molecule has 0 unspecified atom stereocenters. The van der Waals surface area contributed by atoms with Gasteiger partial charge in [-0.05, 0) is 12.1 Å². The number of nitrogens with zero attached hydrogens (tertiary/aromatic N) is 2. The van der Waals surface area contributed by atoms with Gasteiger partial charge in [-0.1, -0.05) is 29.3 Å². The molecule has 2 amide bonds. The molecule has 5 nitrogen and oxygen atoms in total. The van der Waals surface area contributed by atoms with E-state index in [0.29, 0.717) is 28.8 Å². The Kier molecular flexibility index (Phi) is 3.40. The summed E-state index contributed by atoms with van der Waals surface area (Å²) in [4.78, 5) is 17.1. The maximum Gasteiger partial charge on any atom is 0.328 e. The summed E-state index contributed by atoms with van der Waals surface area (Å²) >= 11 is 11.8. The van der Waals surface area contributed by atoms with Crippen LogP contribution in [0.1, 0.15) is 0 Å². The number of carbonyl (C=O) groups excluding carboxylic acids is 1. The molecule has 0 saturated heterocycles. The second-order valence-corrected chi connectivity index (χ2v) is 4.21. The van der Waals surface area contributed by atoms with Crippen molar-refractivity contribution in [1.29, 1.82) is 0 Å². The molecule has 1 heterocycles. The number of nitrogens with one attached hydrogen (secondary N) is 1. The highest BCUT2D eigenvalue weighted by atomic mass is 35.5. The van der Waals surface area contributed by atoms with Gasteiger partial charge in [-0.2, -0.15) is 0 Å². The van der Waals surface area contributed by atoms with Crippen molar-refractivity contribution in [1.82, 2.24) is 4.90 Å². The summed E-state index contributed by atoms with van der Waals surface area (Å²) in [7, 11) is 0. The lowest BCUT2D eigenvalue weighted by Gasteiger charge is -2.16. The third kappa shape index (κ3) is 2.45. The van der Waals surface area contributed by atoms with E-state index < -0.39 is 0 Å². The number of hydrogen-bond donors (Lipinski definition) is 2. The van der Waals surface area contributed by atoms with Crippen molar-refractivity contribution in [3.8, 4) is 0 Å². The maximum atomic E-state index is 11.8. The number of anilines is 1. The monoisotopic (exact) mass is 272 g/mol. The Bertz CT molecular complexity index is 489. The minimum absolute atomic E-state index is 0.209. The van der Waals surface area contributed by atoms with Crippen molar-refractivity contribution < 1.29 is 4.79 Å². The van der Waals surface area contributed by atoms with E-state index in [-0.39, 0.29) is 12.0 Å². The quantitative estimate of drug-likeness (QED) is 0.823. The van der Waals surface area contributed by atoms with Crippen LogP contribution in [0.2, 0.25) is 10.0 Å². The fraction of sp³-hybridized carbons (Fsp3) is 0.200. The Morgan fingerprint density at radius 1 is 1.47 bits per heavy atom. The number of hydrogen-bond acceptors (Lipinski definition) is 3. The number of nitrogens with two attached hydrogens (primary N) is 1. The Morgan fingerprint density at radius 2 is 2.24 bits per heavy atom. The smallest absolute Gasteiger partial charge is 0.328 e. The van der Waals surface area contributed by atoms with E-state index in [0.717, 1.165) is 0 Å². The fourth-order valence-corrected chi connectivity index (χ4v) is 1.80. The van der Waals surface area contributed by atoms with Crippen molar-refractivity contribution in [3.63, 3.8) is 0 Å². The molecule has 0 aromatic heterocycles. The SMILES string of the molecule is NC1=NCCN1C(=O)Nc1cccc(Cl)c1Cl. The van der Waals surface area contributed by atoms with Crippen molar-refractivity contribution in [2.45, 2.75) is 0 Å². The van der Waals surface area contributed by atoms with Gasteiger partial charge in [-0.15, -0.1) is 0 Å². The number of aliphatic imine (C=N–C) groups is 1. The predicted octanol–water partition coefficient (Wildman–Crippen LogP) is 2.16. The molecule has 0 fully saturated rings. The van der Waals surface area contributed by atoms with Crippen molar-refractivity contribution in [2.24, 2.45) is 10.7 Å². The van der Waals surface area contributed by atoms with Crippen LogP contribution in [-0.4, -0.2) is 30.0 Å². The number of guanidine groups is 1. The van der Waals surface area contributed by atoms with Gasteiger partial charge in [0.1, 0.15) is 0 Å². The van der Waals surface area contributed by atoms with E-state index in [2.05, 4.69) is 10.3 Å². The summed E-state index contributed by atoms with van der Waals surface area (Å²) in [6.07, 6.45) is 0. The van der Waals surface area contributed by atoms with E-state index in [1.165, 1.54) is 4.90 Å². The summed E-state index contributed by atoms with van der Waals surface area (Å²) < 4.78 is 0. The largest absolute Gasteiger partial charge is 0.369 e. The second-order valence-electron chi connectivity index (χ2n) is 3.42. The van der Waals surface area contributed by atoms with Gasteiger partial charge in [-0.3, -0.25) is 9.89 Å². The third-order valence-corrected chi connectivity index (χ3v) is 3.13. The molecule has 0 spiro atoms. The molecule has 1 aliphatic heterocycles. The highest BCUT2D eigenvalue weighted by molar-refractivity contribution is 6.44. The minimum atomic E-state index is -0.368. The van der Waals surface area contributed by atoms with Gasteiger partial charge in [-0.25, -0.2) is 4.79 Å². The van der Waals surface area contributed by atoms with Gasteiger partial charge in [0.05, 0.1) is 28.8 Å². The number of benzene rings is 1. The number of halogens is 2. The van der Waals surface area contributed by atoms with Crippen LogP contribution in [0.4, 0.5) is 10.5 Å². The van der Waals surface area contributed by atoms with Crippen LogP contribution < -0.4 is 11.1 Å². The molecule has 0 aliphatic carbocycles. The second kappa shape index (κ2) is 4.81. The van der Waals surface area contributed by atoms with Gasteiger partial charge in [0.15, 0.2) is 5.96 Å². The van der Waals surface area contributed by atoms with E-state index in [1.807, 2.05) is 0 Å². The van der Waals surface area contributed by atoms with Gasteiger partial charge in [0, 0.05) is 0 Å². The van der Waals surface area contributed by atoms with Gasteiger partial charge >= 0.3 is 6.03 Å². The Labute approximate surface area is 108 Å². The Balaban J connectivity index is 2.13. The van der Waals surface area contributed by atoms with E-state index in [1.54, 1.807) is 18.2 Å². The molecule has 0 radical (unpaired) electrons. The van der Waals surface area contributed by atoms with Crippen molar-refractivity contribution >= 4 is 40.9 Å². The number of rotatable bonds is 1. The number of carbonyl (C=O) groups is 1. The molecular weight excluding hydrogens is 263 g/mol. The number of amides is 2. The minimum Gasteiger partial charge on any atom is -0.369 e. The lowest BCUT2D eigenvalue weighted by Crippen LogP contribution is -2.41. The first-order valence-electron chi connectivity index (χ1n) is 4.92. The zero-order chi connectivity index (χ0) is 12.4. The summed E-state index contributed by atoms with van der Waals surface area (Å²) in [5, 5.41) is 3.32. The first-order valence-corrected chi connectivity index (χ1v) is 5.67. The standard InChI is InChI=1S/C10H10Cl2N4O/c11-6-2-1-3-7(8(6)12)15-10(17)16-5-4-14-9(16)13/h1-3H,4-5H2,(H2,13,14)(H,15,17). The molecule has 0 atom stereocenters. The molecule has 7 heteroatoms. The molecule has 2 rings (SSSR count). The topological polar surface area (TPSA) is 70.7 Å². The molecule has 0 bridgehead atoms. The molecule has 3 N–H and O–H groups in total. The summed E-state index contributed by atoms with van der Waals surface area (Å²) in [6, 6.07) is 4.64. The van der Waals surface area contributed by atoms with Crippen molar-refractivity contribution in [3.05, 3.63) is 28.2 Å². The van der Waals surface area contributed by atoms with E-state index in [9.17, 15) is 4.79 Å². The zero-order valence-corrected chi connectivity index (χ0v) is 10.3. The predicted molar refractivity (Wildman–Crippen MR) is 68.7 cm³/mol. The average molecular weight is 273 g/mol. The first kappa shape index (κ1) is 12.0. The molecule has 0 saturated carbocycles. The Hall–Kier alpha value is -1.46. The number of urea groups is 1. The van der Waals surface area contributed by atoms with E-state index in [4.69, 9.17) is 28.9 Å². The lowest BCUT2D eigenvalue weighted by atomic mass is 10.3. The molecule has 17 heavy (non-hydrogen) atoms. The summed E-state index contributed by atoms with van der Waals surface area (Å²) in [5.41, 5.74) is 6.01. The first-order chi connectivity index (χ1) is 8.09. The third-order valence-electron chi connectivity index (χ3n) is 2.31. The summed E-state index contributed by atoms with van der Waals surface area (Å²) in [6.45, 7) is 0.985. The summed E-state index contributed by atoms with van der Waals surface area (Å²) in [5.74, 6) is 0.209. The molecule has 1 aromatic carbocycles. The molecule has 1 aromatic rings. The van der Waals surface area contributed by atoms with E-state index >= 15 is 0 Å². The van der Waals surface area contributed by atoms with Gasteiger partial charge < -0.3 is 11.1 Å². The highest BCUT2D eigenvalue weighted by Crippen LogP contribution is 2.29. The highest BCUT2D eigenvalue weighted by Gasteiger charge is 2.21. The normalized spacial score (nSPS) is 14.7. The van der Waals surface area contributed by atoms with Gasteiger partial charge in [0.2, 0.25) is 0 Å². The molecule has 90 valence electrons. The average Bonchev–Trinajstić information content (AvgIpc) is 2.71. The fourth-order valence-electron chi connectivity index (χ4n) is 1.45. The van der Waals surface area contributed by atoms with Crippen LogP contribution >= 0.6 is 23.2 Å². The zero-order valence-electron chi connectivity index (χ0n) is 8.78. The lowest BCUT2D eigenvalue weighted by molar-refractivity contribution is 0.236. The van der Waals surface area contributed by atoms with Crippen LogP contribution in [0, 0.1) is 0 Å². The van der Waals surface area contributed by atoms with Crippen LogP contribution in [0.25, 0.3) is 0 Å². The van der Waals surface area contributed by atoms with Crippen LogP contribution in [0.5, 0.6) is 0 Å². The van der Waals surface area contributed by atoms with Crippen LogP contribution in [-0.2, 0) is 0 Å². The van der Waals surface area contributed by atoms with Gasteiger partial charge in [0.25, 0.3) is 0 Å². The Morgan fingerprint density at radius 3 is 2.88 bits per heavy atom. The molecule has 1 aliphatic rings. The maximum absolute atomic E-state index is 11.8.